The standard InChI is InChI=1S/C30H24F2N2O2/c1-17-15-21(30-22(16-17)28(35)18(2)29(36-30)20-9-5-4-6-10-20)19(3)34-25-13-8-14-33-27(25)26-23(31)11-7-12-24(26)32/h4-16,19,34H,1-3H3/t19-/m1/s1. The van der Waals surface area contributed by atoms with E-state index in [1.807, 2.05) is 56.3 Å². The molecular formula is C30H24F2N2O2. The highest BCUT2D eigenvalue weighted by atomic mass is 19.1. The number of rotatable bonds is 5. The zero-order chi connectivity index (χ0) is 25.4. The summed E-state index contributed by atoms with van der Waals surface area (Å²) in [5.74, 6) is -0.875. The number of aromatic nitrogens is 1. The lowest BCUT2D eigenvalue weighted by molar-refractivity contribution is 0.588. The van der Waals surface area contributed by atoms with Crippen molar-refractivity contribution < 1.29 is 13.2 Å². The highest BCUT2D eigenvalue weighted by Gasteiger charge is 2.21. The van der Waals surface area contributed by atoms with Gasteiger partial charge in [-0.05, 0) is 56.7 Å². The van der Waals surface area contributed by atoms with Crippen LogP contribution < -0.4 is 10.7 Å². The zero-order valence-corrected chi connectivity index (χ0v) is 20.1. The summed E-state index contributed by atoms with van der Waals surface area (Å²) >= 11 is 0. The largest absolute Gasteiger partial charge is 0.455 e. The molecule has 0 amide bonds. The van der Waals surface area contributed by atoms with Gasteiger partial charge in [0.15, 0.2) is 5.43 Å². The van der Waals surface area contributed by atoms with Gasteiger partial charge in [-0.25, -0.2) is 8.78 Å². The van der Waals surface area contributed by atoms with Crippen molar-refractivity contribution in [3.8, 4) is 22.6 Å². The summed E-state index contributed by atoms with van der Waals surface area (Å²) in [7, 11) is 0. The van der Waals surface area contributed by atoms with Crippen molar-refractivity contribution in [3.63, 3.8) is 0 Å². The average molecular weight is 483 g/mol. The first-order chi connectivity index (χ1) is 17.3. The molecule has 36 heavy (non-hydrogen) atoms. The Bertz CT molecular complexity index is 1630. The van der Waals surface area contributed by atoms with Crippen LogP contribution in [0.25, 0.3) is 33.6 Å². The van der Waals surface area contributed by atoms with Crippen LogP contribution in [-0.4, -0.2) is 4.98 Å². The third-order valence-electron chi connectivity index (χ3n) is 6.27. The van der Waals surface area contributed by atoms with Gasteiger partial charge in [-0.15, -0.1) is 0 Å². The summed E-state index contributed by atoms with van der Waals surface area (Å²) in [5.41, 5.74) is 3.80. The van der Waals surface area contributed by atoms with Crippen LogP contribution in [0, 0.1) is 25.5 Å². The quantitative estimate of drug-likeness (QED) is 0.280. The molecule has 6 heteroatoms. The average Bonchev–Trinajstić information content (AvgIpc) is 2.87. The first-order valence-corrected chi connectivity index (χ1v) is 11.6. The van der Waals surface area contributed by atoms with Crippen molar-refractivity contribution in [2.24, 2.45) is 0 Å². The Balaban J connectivity index is 1.65. The number of hydrogen-bond acceptors (Lipinski definition) is 4. The predicted octanol–water partition coefficient (Wildman–Crippen LogP) is 7.59. The Hall–Kier alpha value is -4.32. The summed E-state index contributed by atoms with van der Waals surface area (Å²) in [6.07, 6.45) is 1.49. The van der Waals surface area contributed by atoms with Crippen molar-refractivity contribution in [3.05, 3.63) is 118 Å². The molecule has 5 rings (SSSR count). The summed E-state index contributed by atoms with van der Waals surface area (Å²) in [6.45, 7) is 5.59. The van der Waals surface area contributed by atoms with Crippen LogP contribution in [0.15, 0.2) is 88.2 Å². The molecule has 0 aliphatic rings. The van der Waals surface area contributed by atoms with Gasteiger partial charge in [0, 0.05) is 22.9 Å². The Kier molecular flexibility index (Phi) is 6.10. The lowest BCUT2D eigenvalue weighted by Gasteiger charge is -2.20. The molecule has 180 valence electrons. The van der Waals surface area contributed by atoms with E-state index in [2.05, 4.69) is 10.3 Å². The Morgan fingerprint density at radius 3 is 2.36 bits per heavy atom. The second-order valence-electron chi connectivity index (χ2n) is 8.84. The maximum atomic E-state index is 14.6. The fourth-order valence-electron chi connectivity index (χ4n) is 4.51. The smallest absolute Gasteiger partial charge is 0.196 e. The topological polar surface area (TPSA) is 55.1 Å². The number of aryl methyl sites for hydroxylation is 1. The van der Waals surface area contributed by atoms with Gasteiger partial charge in [-0.3, -0.25) is 9.78 Å². The molecule has 1 N–H and O–H groups in total. The fourth-order valence-corrected chi connectivity index (χ4v) is 4.51. The lowest BCUT2D eigenvalue weighted by Crippen LogP contribution is -2.13. The van der Waals surface area contributed by atoms with Crippen LogP contribution in [0.1, 0.15) is 29.7 Å². The number of hydrogen-bond donors (Lipinski definition) is 1. The van der Waals surface area contributed by atoms with Gasteiger partial charge in [0.05, 0.1) is 28.4 Å². The number of nitrogens with one attached hydrogen (secondary N) is 1. The normalized spacial score (nSPS) is 12.0. The number of pyridine rings is 1. The maximum Gasteiger partial charge on any atom is 0.196 e. The summed E-state index contributed by atoms with van der Waals surface area (Å²) < 4.78 is 35.5. The molecule has 0 saturated heterocycles. The summed E-state index contributed by atoms with van der Waals surface area (Å²) in [6, 6.07) is 20.0. The Labute approximate surface area is 207 Å². The minimum atomic E-state index is -0.695. The molecular weight excluding hydrogens is 458 g/mol. The molecule has 0 saturated carbocycles. The molecule has 0 radical (unpaired) electrons. The molecule has 0 aliphatic heterocycles. The Morgan fingerprint density at radius 2 is 1.64 bits per heavy atom. The van der Waals surface area contributed by atoms with E-state index in [-0.39, 0.29) is 22.7 Å². The molecule has 2 aromatic heterocycles. The number of nitrogens with zero attached hydrogens (tertiary/aromatic N) is 1. The van der Waals surface area contributed by atoms with Crippen LogP contribution in [-0.2, 0) is 0 Å². The molecule has 1 atom stereocenters. The van der Waals surface area contributed by atoms with Gasteiger partial charge in [0.2, 0.25) is 0 Å². The molecule has 5 aromatic rings. The fraction of sp³-hybridized carbons (Fsp3) is 0.133. The second kappa shape index (κ2) is 9.38. The number of fused-ring (bicyclic) bond motifs is 1. The van der Waals surface area contributed by atoms with Crippen LogP contribution in [0.2, 0.25) is 0 Å². The molecule has 0 aliphatic carbocycles. The third kappa shape index (κ3) is 4.15. The van der Waals surface area contributed by atoms with Crippen LogP contribution in [0.5, 0.6) is 0 Å². The third-order valence-corrected chi connectivity index (χ3v) is 6.27. The van der Waals surface area contributed by atoms with E-state index >= 15 is 0 Å². The zero-order valence-electron chi connectivity index (χ0n) is 20.1. The summed E-state index contributed by atoms with van der Waals surface area (Å²) in [5, 5.41) is 3.82. The van der Waals surface area contributed by atoms with Crippen LogP contribution in [0.4, 0.5) is 14.5 Å². The highest BCUT2D eigenvalue weighted by molar-refractivity contribution is 5.85. The molecule has 2 heterocycles. The first-order valence-electron chi connectivity index (χ1n) is 11.6. The molecule has 0 spiro atoms. The van der Waals surface area contributed by atoms with Crippen molar-refractivity contribution >= 4 is 16.7 Å². The summed E-state index contributed by atoms with van der Waals surface area (Å²) in [4.78, 5) is 17.6. The van der Waals surface area contributed by atoms with Gasteiger partial charge in [-0.2, -0.15) is 0 Å². The first kappa shape index (κ1) is 23.4. The second-order valence-corrected chi connectivity index (χ2v) is 8.84. The van der Waals surface area contributed by atoms with Gasteiger partial charge in [0.25, 0.3) is 0 Å². The minimum Gasteiger partial charge on any atom is -0.455 e. The van der Waals surface area contributed by atoms with Gasteiger partial charge < -0.3 is 9.73 Å². The number of anilines is 1. The lowest BCUT2D eigenvalue weighted by atomic mass is 9.98. The van der Waals surface area contributed by atoms with Gasteiger partial charge >= 0.3 is 0 Å². The highest BCUT2D eigenvalue weighted by Crippen LogP contribution is 2.35. The van der Waals surface area contributed by atoms with E-state index < -0.39 is 11.6 Å². The van der Waals surface area contributed by atoms with Crippen molar-refractivity contribution in [1.29, 1.82) is 0 Å². The van der Waals surface area contributed by atoms with E-state index in [0.29, 0.717) is 28.0 Å². The van der Waals surface area contributed by atoms with Crippen LogP contribution >= 0.6 is 0 Å². The van der Waals surface area contributed by atoms with Crippen molar-refractivity contribution in [2.45, 2.75) is 26.8 Å². The molecule has 3 aromatic carbocycles. The van der Waals surface area contributed by atoms with E-state index in [1.165, 1.54) is 24.4 Å². The van der Waals surface area contributed by atoms with Gasteiger partial charge in [0.1, 0.15) is 23.0 Å². The number of benzene rings is 3. The van der Waals surface area contributed by atoms with Gasteiger partial charge in [-0.1, -0.05) is 42.5 Å². The monoisotopic (exact) mass is 482 g/mol. The number of halogens is 2. The molecule has 0 fully saturated rings. The van der Waals surface area contributed by atoms with Crippen LogP contribution in [0.3, 0.4) is 0 Å². The van der Waals surface area contributed by atoms with E-state index in [9.17, 15) is 13.6 Å². The van der Waals surface area contributed by atoms with Crippen molar-refractivity contribution in [1.82, 2.24) is 4.98 Å². The predicted molar refractivity (Wildman–Crippen MR) is 139 cm³/mol. The molecule has 4 nitrogen and oxygen atoms in total. The minimum absolute atomic E-state index is 0.0947. The van der Waals surface area contributed by atoms with E-state index in [4.69, 9.17) is 4.42 Å². The Morgan fingerprint density at radius 1 is 0.917 bits per heavy atom. The maximum absolute atomic E-state index is 14.6. The molecule has 0 unspecified atom stereocenters. The van der Waals surface area contributed by atoms with E-state index in [1.54, 1.807) is 19.1 Å². The van der Waals surface area contributed by atoms with E-state index in [0.717, 1.165) is 16.7 Å². The van der Waals surface area contributed by atoms with Crippen molar-refractivity contribution in [2.75, 3.05) is 5.32 Å². The molecule has 0 bridgehead atoms. The SMILES string of the molecule is Cc1cc([C@@H](C)Nc2cccnc2-c2c(F)cccc2F)c2oc(-c3ccccc3)c(C)c(=O)c2c1.